The van der Waals surface area contributed by atoms with E-state index in [0.29, 0.717) is 12.3 Å². The van der Waals surface area contributed by atoms with Gasteiger partial charge in [0.05, 0.1) is 0 Å². The largest absolute Gasteiger partial charge is 0.385 e. The van der Waals surface area contributed by atoms with Crippen LogP contribution in [0.1, 0.15) is 26.7 Å². The van der Waals surface area contributed by atoms with E-state index in [4.69, 9.17) is 0 Å². The molecule has 1 amide bonds. The maximum Gasteiger partial charge on any atom is 0.227 e. The van der Waals surface area contributed by atoms with E-state index < -0.39 is 0 Å². The van der Waals surface area contributed by atoms with Crippen molar-refractivity contribution >= 4 is 17.3 Å². The van der Waals surface area contributed by atoms with Crippen LogP contribution in [0.2, 0.25) is 0 Å². The highest BCUT2D eigenvalue weighted by molar-refractivity contribution is 5.95. The fourth-order valence-corrected chi connectivity index (χ4v) is 2.03. The van der Waals surface area contributed by atoms with Crippen LogP contribution < -0.4 is 10.2 Å². The van der Waals surface area contributed by atoms with Gasteiger partial charge in [-0.15, -0.1) is 0 Å². The molecule has 1 heterocycles. The number of rotatable bonds is 4. The van der Waals surface area contributed by atoms with Crippen LogP contribution in [0.5, 0.6) is 0 Å². The minimum Gasteiger partial charge on any atom is -0.385 e. The van der Waals surface area contributed by atoms with Crippen LogP contribution in [0.4, 0.5) is 11.4 Å². The lowest BCUT2D eigenvalue weighted by atomic mass is 10.2. The smallest absolute Gasteiger partial charge is 0.227 e. The summed E-state index contributed by atoms with van der Waals surface area (Å²) in [6, 6.07) is 8.12. The average molecular weight is 232 g/mol. The maximum absolute atomic E-state index is 11.7. The van der Waals surface area contributed by atoms with Gasteiger partial charge in [0.15, 0.2) is 0 Å². The van der Waals surface area contributed by atoms with Crippen molar-refractivity contribution in [2.75, 3.05) is 23.3 Å². The van der Waals surface area contributed by atoms with Gasteiger partial charge in [0.25, 0.3) is 0 Å². The first-order valence-electron chi connectivity index (χ1n) is 6.31. The van der Waals surface area contributed by atoms with Crippen LogP contribution in [0, 0.1) is 5.92 Å². The predicted octanol–water partition coefficient (Wildman–Crippen LogP) is 2.88. The highest BCUT2D eigenvalue weighted by Gasteiger charge is 2.21. The summed E-state index contributed by atoms with van der Waals surface area (Å²) in [5, 5.41) is 3.38. The normalized spacial score (nSPS) is 15.7. The third kappa shape index (κ3) is 2.99. The molecular formula is C14H20N2O. The van der Waals surface area contributed by atoms with Gasteiger partial charge in [0, 0.05) is 30.9 Å². The molecule has 17 heavy (non-hydrogen) atoms. The molecule has 1 N–H and O–H groups in total. The van der Waals surface area contributed by atoms with Crippen molar-refractivity contribution in [2.24, 2.45) is 5.92 Å². The van der Waals surface area contributed by atoms with E-state index in [1.165, 1.54) is 0 Å². The lowest BCUT2D eigenvalue weighted by Gasteiger charge is -2.17. The zero-order valence-corrected chi connectivity index (χ0v) is 10.6. The second-order valence-electron chi connectivity index (χ2n) is 4.97. The Balaban J connectivity index is 2.08. The minimum atomic E-state index is 0.242. The summed E-state index contributed by atoms with van der Waals surface area (Å²) >= 11 is 0. The molecule has 1 fully saturated rings. The zero-order valence-electron chi connectivity index (χ0n) is 10.6. The van der Waals surface area contributed by atoms with Crippen molar-refractivity contribution < 1.29 is 4.79 Å². The first-order chi connectivity index (χ1) is 8.16. The molecule has 1 aliphatic heterocycles. The van der Waals surface area contributed by atoms with E-state index in [1.54, 1.807) is 0 Å². The Morgan fingerprint density at radius 2 is 2.24 bits per heavy atom. The lowest BCUT2D eigenvalue weighted by molar-refractivity contribution is -0.117. The van der Waals surface area contributed by atoms with Gasteiger partial charge in [-0.25, -0.2) is 0 Å². The summed E-state index contributed by atoms with van der Waals surface area (Å²) in [5.74, 6) is 0.859. The second kappa shape index (κ2) is 5.21. The summed E-state index contributed by atoms with van der Waals surface area (Å²) in [6.45, 7) is 6.17. The van der Waals surface area contributed by atoms with Crippen LogP contribution in [0.15, 0.2) is 24.3 Å². The Hall–Kier alpha value is -1.51. The Labute approximate surface area is 103 Å². The topological polar surface area (TPSA) is 32.3 Å². The monoisotopic (exact) mass is 232 g/mol. The van der Waals surface area contributed by atoms with E-state index in [1.807, 2.05) is 23.1 Å². The SMILES string of the molecule is CC(C)CNc1cccc(N2CCCC2=O)c1. The molecule has 92 valence electrons. The Morgan fingerprint density at radius 3 is 2.88 bits per heavy atom. The molecule has 0 aliphatic carbocycles. The van der Waals surface area contributed by atoms with Crippen molar-refractivity contribution in [3.05, 3.63) is 24.3 Å². The van der Waals surface area contributed by atoms with Gasteiger partial charge in [-0.3, -0.25) is 4.79 Å². The number of amides is 1. The Morgan fingerprint density at radius 1 is 1.41 bits per heavy atom. The van der Waals surface area contributed by atoms with Crippen LogP contribution in [-0.4, -0.2) is 19.0 Å². The number of carbonyl (C=O) groups is 1. The maximum atomic E-state index is 11.7. The molecule has 1 aliphatic rings. The molecule has 3 nitrogen and oxygen atoms in total. The molecule has 0 spiro atoms. The van der Waals surface area contributed by atoms with Crippen LogP contribution >= 0.6 is 0 Å². The van der Waals surface area contributed by atoms with Gasteiger partial charge in [-0.05, 0) is 30.5 Å². The highest BCUT2D eigenvalue weighted by Crippen LogP contribution is 2.24. The van der Waals surface area contributed by atoms with Gasteiger partial charge in [-0.1, -0.05) is 19.9 Å². The molecule has 0 aromatic heterocycles. The third-order valence-corrected chi connectivity index (χ3v) is 2.95. The van der Waals surface area contributed by atoms with Crippen molar-refractivity contribution in [2.45, 2.75) is 26.7 Å². The third-order valence-electron chi connectivity index (χ3n) is 2.95. The van der Waals surface area contributed by atoms with E-state index in [0.717, 1.165) is 30.9 Å². The zero-order chi connectivity index (χ0) is 12.3. The van der Waals surface area contributed by atoms with Gasteiger partial charge in [0.2, 0.25) is 5.91 Å². The number of nitrogens with one attached hydrogen (secondary N) is 1. The number of carbonyl (C=O) groups excluding carboxylic acids is 1. The molecule has 3 heteroatoms. The number of anilines is 2. The number of hydrogen-bond donors (Lipinski definition) is 1. The molecule has 0 bridgehead atoms. The second-order valence-corrected chi connectivity index (χ2v) is 4.97. The molecule has 0 radical (unpaired) electrons. The van der Waals surface area contributed by atoms with Crippen molar-refractivity contribution in [1.82, 2.24) is 0 Å². The minimum absolute atomic E-state index is 0.242. The Kier molecular flexibility index (Phi) is 3.67. The standard InChI is InChI=1S/C14H20N2O/c1-11(2)10-15-12-5-3-6-13(9-12)16-8-4-7-14(16)17/h3,5-6,9,11,15H,4,7-8,10H2,1-2H3. The number of nitrogens with zero attached hydrogens (tertiary/aromatic N) is 1. The van der Waals surface area contributed by atoms with E-state index in [-0.39, 0.29) is 5.91 Å². The summed E-state index contributed by atoms with van der Waals surface area (Å²) < 4.78 is 0. The molecular weight excluding hydrogens is 212 g/mol. The lowest BCUT2D eigenvalue weighted by Crippen LogP contribution is -2.23. The quantitative estimate of drug-likeness (QED) is 0.865. The Bertz CT molecular complexity index is 401. The van der Waals surface area contributed by atoms with E-state index in [2.05, 4.69) is 25.2 Å². The average Bonchev–Trinajstić information content (AvgIpc) is 2.73. The molecule has 0 unspecified atom stereocenters. The van der Waals surface area contributed by atoms with Crippen LogP contribution in [0.3, 0.4) is 0 Å². The predicted molar refractivity (Wildman–Crippen MR) is 71.4 cm³/mol. The van der Waals surface area contributed by atoms with Crippen molar-refractivity contribution in [3.63, 3.8) is 0 Å². The van der Waals surface area contributed by atoms with E-state index in [9.17, 15) is 4.79 Å². The first kappa shape index (κ1) is 12.0. The van der Waals surface area contributed by atoms with Gasteiger partial charge < -0.3 is 10.2 Å². The summed E-state index contributed by atoms with van der Waals surface area (Å²) in [6.07, 6.45) is 1.66. The molecule has 2 rings (SSSR count). The number of hydrogen-bond acceptors (Lipinski definition) is 2. The summed E-state index contributed by atoms with van der Waals surface area (Å²) in [7, 11) is 0. The van der Waals surface area contributed by atoms with Gasteiger partial charge >= 0.3 is 0 Å². The van der Waals surface area contributed by atoms with Crippen LogP contribution in [-0.2, 0) is 4.79 Å². The van der Waals surface area contributed by atoms with E-state index >= 15 is 0 Å². The fourth-order valence-electron chi connectivity index (χ4n) is 2.03. The van der Waals surface area contributed by atoms with Crippen LogP contribution in [0.25, 0.3) is 0 Å². The fraction of sp³-hybridized carbons (Fsp3) is 0.500. The first-order valence-corrected chi connectivity index (χ1v) is 6.31. The molecule has 1 saturated heterocycles. The molecule has 0 saturated carbocycles. The highest BCUT2D eigenvalue weighted by atomic mass is 16.2. The molecule has 0 atom stereocenters. The number of benzene rings is 1. The van der Waals surface area contributed by atoms with Crippen molar-refractivity contribution in [1.29, 1.82) is 0 Å². The van der Waals surface area contributed by atoms with Crippen molar-refractivity contribution in [3.8, 4) is 0 Å². The summed E-state index contributed by atoms with van der Waals surface area (Å²) in [4.78, 5) is 13.5. The van der Waals surface area contributed by atoms with Gasteiger partial charge in [0.1, 0.15) is 0 Å². The summed E-state index contributed by atoms with van der Waals surface area (Å²) in [5.41, 5.74) is 2.11. The molecule has 1 aromatic carbocycles. The van der Waals surface area contributed by atoms with Gasteiger partial charge in [-0.2, -0.15) is 0 Å². The molecule has 1 aromatic rings.